The average Bonchev–Trinajstić information content (AvgIpc) is 1.78. The second-order valence-electron chi connectivity index (χ2n) is 1.79. The zero-order chi connectivity index (χ0) is 10.1. The van der Waals surface area contributed by atoms with E-state index in [0.717, 1.165) is 0 Å². The topological polar surface area (TPSA) is 73.9 Å². The highest BCUT2D eigenvalue weighted by Crippen LogP contribution is 2.27. The molecular formula is C4H2Cl3FN4O. The van der Waals surface area contributed by atoms with Crippen LogP contribution in [0.15, 0.2) is 0 Å². The number of anilines is 1. The van der Waals surface area contributed by atoms with Gasteiger partial charge in [0.05, 0.1) is 0 Å². The number of nitrogens with zero attached hydrogens (tertiary/aromatic N) is 3. The van der Waals surface area contributed by atoms with Crippen molar-refractivity contribution in [3.8, 4) is 6.01 Å². The van der Waals surface area contributed by atoms with Crippen LogP contribution in [-0.4, -0.2) is 18.9 Å². The molecule has 1 aromatic rings. The van der Waals surface area contributed by atoms with Gasteiger partial charge in [0.25, 0.3) is 0 Å². The molecule has 0 radical (unpaired) electrons. The van der Waals surface area contributed by atoms with Crippen molar-refractivity contribution in [1.29, 1.82) is 0 Å². The number of alkyl halides is 3. The summed E-state index contributed by atoms with van der Waals surface area (Å²) in [5.41, 5.74) is 5.07. The third-order valence-corrected chi connectivity index (χ3v) is 1.04. The predicted molar refractivity (Wildman–Crippen MR) is 45.1 cm³/mol. The summed E-state index contributed by atoms with van der Waals surface area (Å²) in [6.45, 7) is 0. The summed E-state index contributed by atoms with van der Waals surface area (Å²) >= 11 is 15.7. The van der Waals surface area contributed by atoms with Gasteiger partial charge < -0.3 is 10.5 Å². The van der Waals surface area contributed by atoms with E-state index in [1.54, 1.807) is 0 Å². The van der Waals surface area contributed by atoms with Gasteiger partial charge in [0, 0.05) is 0 Å². The molecule has 13 heavy (non-hydrogen) atoms. The molecule has 0 spiro atoms. The zero-order valence-electron chi connectivity index (χ0n) is 5.84. The molecule has 0 amide bonds. The van der Waals surface area contributed by atoms with E-state index >= 15 is 0 Å². The van der Waals surface area contributed by atoms with E-state index in [4.69, 9.17) is 40.5 Å². The van der Waals surface area contributed by atoms with Crippen molar-refractivity contribution in [2.24, 2.45) is 0 Å². The normalized spacial score (nSPS) is 11.4. The van der Waals surface area contributed by atoms with Crippen LogP contribution in [0.5, 0.6) is 6.01 Å². The van der Waals surface area contributed by atoms with Gasteiger partial charge in [-0.2, -0.15) is 14.4 Å². The fourth-order valence-corrected chi connectivity index (χ4v) is 0.703. The fourth-order valence-electron chi connectivity index (χ4n) is 0.496. The second-order valence-corrected chi connectivity index (χ2v) is 3.97. The van der Waals surface area contributed by atoms with Crippen molar-refractivity contribution in [3.63, 3.8) is 0 Å². The molecule has 1 rings (SSSR count). The van der Waals surface area contributed by atoms with Crippen LogP contribution in [0.4, 0.5) is 10.3 Å². The van der Waals surface area contributed by atoms with Gasteiger partial charge in [0.2, 0.25) is 5.95 Å². The minimum atomic E-state index is -2.07. The molecule has 2 N–H and O–H groups in total. The molecular weight excluding hydrogens is 245 g/mol. The molecule has 5 nitrogen and oxygen atoms in total. The van der Waals surface area contributed by atoms with Gasteiger partial charge in [-0.3, -0.25) is 0 Å². The summed E-state index contributed by atoms with van der Waals surface area (Å²) < 4.78 is 14.9. The Bertz CT molecular complexity index is 296. The zero-order valence-corrected chi connectivity index (χ0v) is 8.11. The average molecular weight is 247 g/mol. The van der Waals surface area contributed by atoms with E-state index < -0.39 is 16.1 Å². The molecule has 72 valence electrons. The summed E-state index contributed by atoms with van der Waals surface area (Å²) in [6.07, 6.45) is -1.11. The van der Waals surface area contributed by atoms with E-state index in [1.807, 2.05) is 0 Å². The molecule has 0 saturated carbocycles. The lowest BCUT2D eigenvalue weighted by molar-refractivity contribution is 0.285. The Balaban J connectivity index is 2.90. The Kier molecular flexibility index (Phi) is 2.94. The molecule has 0 aliphatic rings. The number of rotatable bonds is 1. The van der Waals surface area contributed by atoms with Gasteiger partial charge in [0.15, 0.2) is 0 Å². The second kappa shape index (κ2) is 3.65. The highest BCUT2D eigenvalue weighted by Gasteiger charge is 2.24. The number of hydrogen-bond donors (Lipinski definition) is 1. The van der Waals surface area contributed by atoms with E-state index in [1.165, 1.54) is 0 Å². The first kappa shape index (κ1) is 10.5. The highest BCUT2D eigenvalue weighted by molar-refractivity contribution is 6.66. The summed E-state index contributed by atoms with van der Waals surface area (Å²) in [4.78, 5) is 9.48. The number of halogens is 4. The molecule has 0 aliphatic carbocycles. The van der Waals surface area contributed by atoms with Crippen LogP contribution < -0.4 is 10.5 Å². The Hall–Kier alpha value is -0.590. The Morgan fingerprint density at radius 2 is 1.85 bits per heavy atom. The van der Waals surface area contributed by atoms with Crippen LogP contribution in [0.2, 0.25) is 0 Å². The van der Waals surface area contributed by atoms with Crippen LogP contribution in [0.25, 0.3) is 0 Å². The van der Waals surface area contributed by atoms with Crippen molar-refractivity contribution < 1.29 is 9.13 Å². The first-order chi connectivity index (χ1) is 5.87. The predicted octanol–water partition coefficient (Wildman–Crippen LogP) is 1.30. The van der Waals surface area contributed by atoms with Gasteiger partial charge >= 0.3 is 16.1 Å². The minimum Gasteiger partial charge on any atom is -0.412 e. The maximum Gasteiger partial charge on any atom is 0.341 e. The van der Waals surface area contributed by atoms with E-state index in [9.17, 15) is 4.39 Å². The lowest BCUT2D eigenvalue weighted by Crippen LogP contribution is -2.16. The van der Waals surface area contributed by atoms with Gasteiger partial charge in [-0.05, 0) is 34.8 Å². The molecule has 0 fully saturated rings. The number of aromatic nitrogens is 3. The number of nitrogen functional groups attached to an aromatic ring is 1. The number of nitrogens with two attached hydrogens (primary N) is 1. The SMILES string of the molecule is Nc1nc(F)nc(OC(Cl)(Cl)Cl)n1. The van der Waals surface area contributed by atoms with Crippen LogP contribution in [0.3, 0.4) is 0 Å². The third kappa shape index (κ3) is 3.75. The number of hydrogen-bond acceptors (Lipinski definition) is 5. The molecule has 1 aromatic heterocycles. The lowest BCUT2D eigenvalue weighted by Gasteiger charge is -2.10. The maximum atomic E-state index is 12.5. The van der Waals surface area contributed by atoms with Crippen LogP contribution >= 0.6 is 34.8 Å². The molecule has 0 atom stereocenters. The van der Waals surface area contributed by atoms with Crippen molar-refractivity contribution >= 4 is 40.8 Å². The quantitative estimate of drug-likeness (QED) is 0.757. The van der Waals surface area contributed by atoms with E-state index in [2.05, 4.69) is 19.7 Å². The van der Waals surface area contributed by atoms with Crippen molar-refractivity contribution in [2.75, 3.05) is 5.73 Å². The summed E-state index contributed by atoms with van der Waals surface area (Å²) in [5, 5.41) is 0. The molecule has 0 aromatic carbocycles. The minimum absolute atomic E-state index is 0.364. The Morgan fingerprint density at radius 1 is 1.23 bits per heavy atom. The van der Waals surface area contributed by atoms with Gasteiger partial charge in [-0.25, -0.2) is 0 Å². The highest BCUT2D eigenvalue weighted by atomic mass is 35.6. The first-order valence-electron chi connectivity index (χ1n) is 2.79. The summed E-state index contributed by atoms with van der Waals surface area (Å²) in [5.74, 6) is -0.364. The van der Waals surface area contributed by atoms with Crippen molar-refractivity contribution in [3.05, 3.63) is 6.08 Å². The summed E-state index contributed by atoms with van der Waals surface area (Å²) in [6, 6.07) is -0.495. The van der Waals surface area contributed by atoms with Crippen molar-refractivity contribution in [2.45, 2.75) is 3.98 Å². The van der Waals surface area contributed by atoms with Crippen LogP contribution in [0, 0.1) is 6.08 Å². The van der Waals surface area contributed by atoms with E-state index in [-0.39, 0.29) is 5.95 Å². The molecule has 0 aliphatic heterocycles. The van der Waals surface area contributed by atoms with Gasteiger partial charge in [-0.1, -0.05) is 0 Å². The maximum absolute atomic E-state index is 12.5. The summed E-state index contributed by atoms with van der Waals surface area (Å²) in [7, 11) is 0. The van der Waals surface area contributed by atoms with Crippen molar-refractivity contribution in [1.82, 2.24) is 15.0 Å². The molecule has 9 heteroatoms. The molecule has 0 saturated heterocycles. The third-order valence-electron chi connectivity index (χ3n) is 0.812. The largest absolute Gasteiger partial charge is 0.412 e. The number of ether oxygens (including phenoxy) is 1. The Labute approximate surface area is 87.0 Å². The van der Waals surface area contributed by atoms with Crippen LogP contribution in [0.1, 0.15) is 0 Å². The first-order valence-corrected chi connectivity index (χ1v) is 3.93. The van der Waals surface area contributed by atoms with Crippen LogP contribution in [-0.2, 0) is 0 Å². The smallest absolute Gasteiger partial charge is 0.341 e. The monoisotopic (exact) mass is 246 g/mol. The fraction of sp³-hybridized carbons (Fsp3) is 0.250. The standard InChI is InChI=1S/C4H2Cl3FN4O/c5-4(6,7)13-3-11-1(8)10-2(9)12-3/h(H2,9,10,11,12). The molecule has 1 heterocycles. The molecule has 0 unspecified atom stereocenters. The lowest BCUT2D eigenvalue weighted by atomic mass is 10.9. The van der Waals surface area contributed by atoms with E-state index in [0.29, 0.717) is 0 Å². The van der Waals surface area contributed by atoms with Gasteiger partial charge in [-0.15, -0.1) is 4.98 Å². The van der Waals surface area contributed by atoms with Gasteiger partial charge in [0.1, 0.15) is 0 Å². The molecule has 0 bridgehead atoms. The Morgan fingerprint density at radius 3 is 2.31 bits per heavy atom.